The molecule has 0 bridgehead atoms. The summed E-state index contributed by atoms with van der Waals surface area (Å²) < 4.78 is 0. The predicted octanol–water partition coefficient (Wildman–Crippen LogP) is 2.76. The van der Waals surface area contributed by atoms with Gasteiger partial charge in [-0.25, -0.2) is 0 Å². The number of benzene rings is 1. The van der Waals surface area contributed by atoms with E-state index in [2.05, 4.69) is 33.0 Å². The molecule has 1 aromatic carbocycles. The van der Waals surface area contributed by atoms with Gasteiger partial charge >= 0.3 is 0 Å². The molecule has 0 aromatic heterocycles. The molecule has 3 nitrogen and oxygen atoms in total. The van der Waals surface area contributed by atoms with Crippen LogP contribution in [-0.2, 0) is 12.0 Å². The smallest absolute Gasteiger partial charge is 0.123 e. The van der Waals surface area contributed by atoms with Crippen molar-refractivity contribution in [3.63, 3.8) is 0 Å². The minimum Gasteiger partial charge on any atom is -0.507 e. The lowest BCUT2D eigenvalue weighted by Gasteiger charge is -2.21. The van der Waals surface area contributed by atoms with Crippen LogP contribution in [0, 0.1) is 0 Å². The van der Waals surface area contributed by atoms with E-state index in [1.54, 1.807) is 0 Å². The Kier molecular flexibility index (Phi) is 7.64. The Bertz CT molecular complexity index is 341. The second kappa shape index (κ2) is 8.11. The van der Waals surface area contributed by atoms with Crippen LogP contribution in [0.25, 0.3) is 0 Å². The first-order chi connectivity index (χ1) is 8.38. The summed E-state index contributed by atoms with van der Waals surface area (Å²) in [5.41, 5.74) is 7.24. The number of hydrogen-bond acceptors (Lipinski definition) is 3. The van der Waals surface area contributed by atoms with Crippen molar-refractivity contribution >= 4 is 0 Å². The molecule has 1 rings (SSSR count). The molecule has 0 aliphatic carbocycles. The Morgan fingerprint density at radius 3 is 2.22 bits per heavy atom. The van der Waals surface area contributed by atoms with Crippen molar-refractivity contribution in [1.29, 1.82) is 0 Å². The number of nitrogens with two attached hydrogens (primary N) is 1. The molecule has 0 spiro atoms. The monoisotopic (exact) mass is 252 g/mol. The maximum Gasteiger partial charge on any atom is 0.123 e. The fourth-order valence-electron chi connectivity index (χ4n) is 1.61. The molecule has 104 valence electrons. The SMILES string of the molecule is CC(C)(C)c1cccc(CN)c1O.CCCNC. The predicted molar refractivity (Wildman–Crippen MR) is 78.9 cm³/mol. The van der Waals surface area contributed by atoms with E-state index in [9.17, 15) is 5.11 Å². The lowest BCUT2D eigenvalue weighted by Crippen LogP contribution is -2.12. The summed E-state index contributed by atoms with van der Waals surface area (Å²) >= 11 is 0. The third-order valence-corrected chi connectivity index (χ3v) is 2.65. The summed E-state index contributed by atoms with van der Waals surface area (Å²) in [6.07, 6.45) is 1.23. The highest BCUT2D eigenvalue weighted by atomic mass is 16.3. The van der Waals surface area contributed by atoms with E-state index in [1.165, 1.54) is 6.42 Å². The van der Waals surface area contributed by atoms with Crippen LogP contribution in [0.15, 0.2) is 18.2 Å². The second-order valence-electron chi connectivity index (χ2n) is 5.37. The van der Waals surface area contributed by atoms with Crippen molar-refractivity contribution in [3.05, 3.63) is 29.3 Å². The van der Waals surface area contributed by atoms with Crippen molar-refractivity contribution in [2.75, 3.05) is 13.6 Å². The molecule has 18 heavy (non-hydrogen) atoms. The molecule has 0 amide bonds. The maximum absolute atomic E-state index is 9.84. The van der Waals surface area contributed by atoms with E-state index in [-0.39, 0.29) is 5.41 Å². The number of nitrogens with one attached hydrogen (secondary N) is 1. The van der Waals surface area contributed by atoms with Gasteiger partial charge in [0.05, 0.1) is 0 Å². The Hall–Kier alpha value is -1.06. The summed E-state index contributed by atoms with van der Waals surface area (Å²) in [5, 5.41) is 12.9. The Balaban J connectivity index is 0.000000494. The number of aromatic hydroxyl groups is 1. The average molecular weight is 252 g/mol. The standard InChI is InChI=1S/C11H17NO.C4H11N/c1-11(2,3)9-6-4-5-8(7-12)10(9)13;1-3-4-5-2/h4-6,13H,7,12H2,1-3H3;5H,3-4H2,1-2H3. The molecule has 0 aliphatic heterocycles. The summed E-state index contributed by atoms with van der Waals surface area (Å²) in [5.74, 6) is 0.345. The quantitative estimate of drug-likeness (QED) is 0.775. The molecule has 0 saturated heterocycles. The fourth-order valence-corrected chi connectivity index (χ4v) is 1.61. The molecule has 0 atom stereocenters. The van der Waals surface area contributed by atoms with E-state index in [0.717, 1.165) is 17.7 Å². The Morgan fingerprint density at radius 2 is 1.89 bits per heavy atom. The fraction of sp³-hybridized carbons (Fsp3) is 0.600. The average Bonchev–Trinajstić information content (AvgIpc) is 2.29. The number of phenols is 1. The van der Waals surface area contributed by atoms with Gasteiger partial charge in [0.25, 0.3) is 0 Å². The van der Waals surface area contributed by atoms with Gasteiger partial charge in [-0.05, 0) is 31.0 Å². The van der Waals surface area contributed by atoms with Crippen molar-refractivity contribution in [2.45, 2.75) is 46.1 Å². The van der Waals surface area contributed by atoms with Crippen LogP contribution in [0.2, 0.25) is 0 Å². The molecule has 1 aromatic rings. The van der Waals surface area contributed by atoms with Gasteiger partial charge in [0.1, 0.15) is 5.75 Å². The zero-order valence-corrected chi connectivity index (χ0v) is 12.4. The molecule has 4 N–H and O–H groups in total. The minimum absolute atomic E-state index is 0.0325. The minimum atomic E-state index is -0.0325. The van der Waals surface area contributed by atoms with E-state index in [0.29, 0.717) is 12.3 Å². The number of phenolic OH excluding ortho intramolecular Hbond substituents is 1. The highest BCUT2D eigenvalue weighted by Crippen LogP contribution is 2.32. The van der Waals surface area contributed by atoms with E-state index in [4.69, 9.17) is 5.73 Å². The number of hydrogen-bond donors (Lipinski definition) is 3. The Labute approximate surface area is 111 Å². The molecule has 3 heteroatoms. The molecular formula is C15H28N2O. The van der Waals surface area contributed by atoms with Crippen LogP contribution in [0.4, 0.5) is 0 Å². The van der Waals surface area contributed by atoms with Gasteiger partial charge in [-0.3, -0.25) is 0 Å². The van der Waals surface area contributed by atoms with Crippen molar-refractivity contribution in [1.82, 2.24) is 5.32 Å². The van der Waals surface area contributed by atoms with Gasteiger partial charge in [0, 0.05) is 12.1 Å². The zero-order valence-electron chi connectivity index (χ0n) is 12.4. The summed E-state index contributed by atoms with van der Waals surface area (Å²) in [6, 6.07) is 5.72. The normalized spacial score (nSPS) is 10.8. The lowest BCUT2D eigenvalue weighted by molar-refractivity contribution is 0.440. The molecule has 0 heterocycles. The zero-order chi connectivity index (χ0) is 14.2. The summed E-state index contributed by atoms with van der Waals surface area (Å²) in [6.45, 7) is 9.89. The summed E-state index contributed by atoms with van der Waals surface area (Å²) in [4.78, 5) is 0. The maximum atomic E-state index is 9.84. The molecule has 0 fully saturated rings. The first kappa shape index (κ1) is 16.9. The van der Waals surface area contributed by atoms with Crippen LogP contribution in [0.3, 0.4) is 0 Å². The van der Waals surface area contributed by atoms with Crippen LogP contribution >= 0.6 is 0 Å². The van der Waals surface area contributed by atoms with Crippen LogP contribution < -0.4 is 11.1 Å². The molecule has 0 unspecified atom stereocenters. The van der Waals surface area contributed by atoms with Crippen LogP contribution in [-0.4, -0.2) is 18.7 Å². The topological polar surface area (TPSA) is 58.3 Å². The molecular weight excluding hydrogens is 224 g/mol. The van der Waals surface area contributed by atoms with Crippen molar-refractivity contribution in [3.8, 4) is 5.75 Å². The second-order valence-corrected chi connectivity index (χ2v) is 5.37. The lowest BCUT2D eigenvalue weighted by atomic mass is 9.85. The van der Waals surface area contributed by atoms with Crippen molar-refractivity contribution < 1.29 is 5.11 Å². The van der Waals surface area contributed by atoms with Gasteiger partial charge < -0.3 is 16.2 Å². The Morgan fingerprint density at radius 1 is 1.28 bits per heavy atom. The van der Waals surface area contributed by atoms with Gasteiger partial charge in [0.2, 0.25) is 0 Å². The van der Waals surface area contributed by atoms with Crippen LogP contribution in [0.1, 0.15) is 45.2 Å². The highest BCUT2D eigenvalue weighted by Gasteiger charge is 2.18. The highest BCUT2D eigenvalue weighted by molar-refractivity contribution is 5.43. The third kappa shape index (κ3) is 5.52. The first-order valence-electron chi connectivity index (χ1n) is 6.54. The summed E-state index contributed by atoms with van der Waals surface area (Å²) in [7, 11) is 1.96. The molecule has 0 radical (unpaired) electrons. The first-order valence-corrected chi connectivity index (χ1v) is 6.54. The van der Waals surface area contributed by atoms with Crippen molar-refractivity contribution in [2.24, 2.45) is 5.73 Å². The van der Waals surface area contributed by atoms with E-state index in [1.807, 2.05) is 25.2 Å². The van der Waals surface area contributed by atoms with E-state index < -0.39 is 0 Å². The third-order valence-electron chi connectivity index (χ3n) is 2.65. The van der Waals surface area contributed by atoms with Crippen LogP contribution in [0.5, 0.6) is 5.75 Å². The van der Waals surface area contributed by atoms with Gasteiger partial charge in [-0.2, -0.15) is 0 Å². The number of para-hydroxylation sites is 1. The van der Waals surface area contributed by atoms with E-state index >= 15 is 0 Å². The van der Waals surface area contributed by atoms with Gasteiger partial charge in [-0.15, -0.1) is 0 Å². The largest absolute Gasteiger partial charge is 0.507 e. The molecule has 0 saturated carbocycles. The molecule has 0 aliphatic rings. The number of rotatable bonds is 3. The van der Waals surface area contributed by atoms with Gasteiger partial charge in [0.15, 0.2) is 0 Å². The van der Waals surface area contributed by atoms with Gasteiger partial charge in [-0.1, -0.05) is 45.9 Å².